The van der Waals surface area contributed by atoms with E-state index in [1.54, 1.807) is 19.4 Å². The van der Waals surface area contributed by atoms with E-state index in [0.29, 0.717) is 24.5 Å². The highest BCUT2D eigenvalue weighted by Crippen LogP contribution is 2.23. The molecule has 0 radical (unpaired) electrons. The minimum atomic E-state index is -0.336. The predicted molar refractivity (Wildman–Crippen MR) is 88.7 cm³/mol. The number of aromatic nitrogens is 4. The lowest BCUT2D eigenvalue weighted by Gasteiger charge is -1.99. The van der Waals surface area contributed by atoms with Gasteiger partial charge in [0.1, 0.15) is 11.4 Å². The molecule has 0 atom stereocenters. The smallest absolute Gasteiger partial charge is 0.273 e. The van der Waals surface area contributed by atoms with Crippen LogP contribution < -0.4 is 15.8 Å². The predicted octanol–water partition coefficient (Wildman–Crippen LogP) is 0.830. The zero-order chi connectivity index (χ0) is 17.6. The minimum absolute atomic E-state index is 0.224. The number of hydrogen-bond donors (Lipinski definition) is 2. The van der Waals surface area contributed by atoms with Gasteiger partial charge in [-0.1, -0.05) is 10.4 Å². The normalized spacial score (nSPS) is 10.6. The molecule has 0 fully saturated rings. The second-order valence-corrected chi connectivity index (χ2v) is 5.25. The van der Waals surface area contributed by atoms with Crippen molar-refractivity contribution in [2.24, 2.45) is 5.73 Å². The number of ether oxygens (including phenoxy) is 1. The number of hydrogen-bond acceptors (Lipinski definition) is 7. The van der Waals surface area contributed by atoms with E-state index in [2.05, 4.69) is 20.8 Å². The van der Waals surface area contributed by atoms with Crippen LogP contribution >= 0.6 is 0 Å². The fourth-order valence-corrected chi connectivity index (χ4v) is 2.19. The Morgan fingerprint density at radius 2 is 2.16 bits per heavy atom. The second-order valence-electron chi connectivity index (χ2n) is 5.25. The molecule has 130 valence electrons. The molecule has 0 spiro atoms. The molecule has 1 amide bonds. The van der Waals surface area contributed by atoms with Gasteiger partial charge in [0.2, 0.25) is 0 Å². The van der Waals surface area contributed by atoms with Crippen molar-refractivity contribution in [3.8, 4) is 17.1 Å². The Balaban J connectivity index is 1.59. The molecule has 3 aromatic rings. The summed E-state index contributed by atoms with van der Waals surface area (Å²) >= 11 is 0. The van der Waals surface area contributed by atoms with Gasteiger partial charge in [-0.25, -0.2) is 0 Å². The van der Waals surface area contributed by atoms with Crippen LogP contribution in [0, 0.1) is 0 Å². The summed E-state index contributed by atoms with van der Waals surface area (Å²) < 4.78 is 12.0. The quantitative estimate of drug-likeness (QED) is 0.652. The fourth-order valence-electron chi connectivity index (χ4n) is 2.19. The van der Waals surface area contributed by atoms with E-state index in [1.807, 2.05) is 24.3 Å². The van der Waals surface area contributed by atoms with Crippen LogP contribution in [-0.4, -0.2) is 39.7 Å². The van der Waals surface area contributed by atoms with Gasteiger partial charge in [-0.2, -0.15) is 0 Å². The monoisotopic (exact) mass is 342 g/mol. The summed E-state index contributed by atoms with van der Waals surface area (Å²) in [7, 11) is 1.61. The third-order valence-electron chi connectivity index (χ3n) is 3.49. The van der Waals surface area contributed by atoms with E-state index in [1.165, 1.54) is 4.68 Å². The van der Waals surface area contributed by atoms with Crippen molar-refractivity contribution < 1.29 is 14.1 Å². The maximum atomic E-state index is 12.1. The van der Waals surface area contributed by atoms with Crippen LogP contribution in [0.5, 0.6) is 5.75 Å². The molecule has 0 saturated heterocycles. The maximum Gasteiger partial charge on any atom is 0.273 e. The number of carbonyl (C=O) groups excluding carboxylic acids is 1. The highest BCUT2D eigenvalue weighted by Gasteiger charge is 2.12. The molecule has 9 nitrogen and oxygen atoms in total. The summed E-state index contributed by atoms with van der Waals surface area (Å²) in [6.45, 7) is 1.16. The van der Waals surface area contributed by atoms with E-state index in [9.17, 15) is 4.79 Å². The molecule has 1 aromatic carbocycles. The molecule has 0 aliphatic carbocycles. The minimum Gasteiger partial charge on any atom is -0.497 e. The van der Waals surface area contributed by atoms with Gasteiger partial charge in [0.05, 0.1) is 26.4 Å². The van der Waals surface area contributed by atoms with Crippen molar-refractivity contribution in [1.29, 1.82) is 0 Å². The van der Waals surface area contributed by atoms with Crippen LogP contribution in [0.2, 0.25) is 0 Å². The van der Waals surface area contributed by atoms with Gasteiger partial charge in [-0.15, -0.1) is 5.10 Å². The largest absolute Gasteiger partial charge is 0.497 e. The molecule has 0 aliphatic heterocycles. The molecule has 3 N–H and O–H groups in total. The van der Waals surface area contributed by atoms with Gasteiger partial charge in [0, 0.05) is 18.2 Å². The zero-order valence-electron chi connectivity index (χ0n) is 13.7. The van der Waals surface area contributed by atoms with Crippen molar-refractivity contribution >= 4 is 5.91 Å². The summed E-state index contributed by atoms with van der Waals surface area (Å²) in [5.41, 5.74) is 7.14. The summed E-state index contributed by atoms with van der Waals surface area (Å²) in [5, 5.41) is 14.3. The number of benzene rings is 1. The lowest BCUT2D eigenvalue weighted by Crippen LogP contribution is -2.23. The van der Waals surface area contributed by atoms with Crippen molar-refractivity contribution in [1.82, 2.24) is 25.5 Å². The average molecular weight is 342 g/mol. The standard InChI is InChI=1S/C16H18N6O3/c1-24-13-4-2-11(3-5-13)15-8-12(20-25-15)9-18-16(23)14-10-22(7-6-17)21-19-14/h2-5,8,10H,6-7,9,17H2,1H3,(H,18,23). The SMILES string of the molecule is COc1ccc(-c2cc(CNC(=O)c3cn(CCN)nn3)no2)cc1. The first-order valence-corrected chi connectivity index (χ1v) is 7.68. The summed E-state index contributed by atoms with van der Waals surface area (Å²) in [4.78, 5) is 12.1. The number of rotatable bonds is 7. The molecule has 2 heterocycles. The van der Waals surface area contributed by atoms with E-state index in [4.69, 9.17) is 15.0 Å². The van der Waals surface area contributed by atoms with Gasteiger partial charge in [-0.05, 0) is 24.3 Å². The molecule has 0 saturated carbocycles. The summed E-state index contributed by atoms with van der Waals surface area (Å²) in [6.07, 6.45) is 1.55. The highest BCUT2D eigenvalue weighted by atomic mass is 16.5. The number of methoxy groups -OCH3 is 1. The van der Waals surface area contributed by atoms with Gasteiger partial charge < -0.3 is 20.3 Å². The molecule has 2 aromatic heterocycles. The number of amides is 1. The van der Waals surface area contributed by atoms with E-state index >= 15 is 0 Å². The topological polar surface area (TPSA) is 121 Å². The van der Waals surface area contributed by atoms with E-state index < -0.39 is 0 Å². The molecular formula is C16H18N6O3. The lowest BCUT2D eigenvalue weighted by molar-refractivity contribution is 0.0945. The Bertz CT molecular complexity index is 840. The van der Waals surface area contributed by atoms with E-state index in [0.717, 1.165) is 11.3 Å². The molecule has 0 unspecified atom stereocenters. The third kappa shape index (κ3) is 4.01. The highest BCUT2D eigenvalue weighted by molar-refractivity contribution is 5.91. The number of nitrogens with one attached hydrogen (secondary N) is 1. The van der Waals surface area contributed by atoms with Crippen LogP contribution in [0.3, 0.4) is 0 Å². The number of carbonyl (C=O) groups is 1. The van der Waals surface area contributed by atoms with Gasteiger partial charge in [0.25, 0.3) is 5.91 Å². The van der Waals surface area contributed by atoms with Crippen molar-refractivity contribution in [3.05, 3.63) is 47.9 Å². The van der Waals surface area contributed by atoms with E-state index in [-0.39, 0.29) is 18.1 Å². The Morgan fingerprint density at radius 3 is 2.88 bits per heavy atom. The summed E-state index contributed by atoms with van der Waals surface area (Å²) in [6, 6.07) is 9.19. The van der Waals surface area contributed by atoms with Gasteiger partial charge in [-0.3, -0.25) is 9.48 Å². The Labute approximate surface area is 143 Å². The molecule has 25 heavy (non-hydrogen) atoms. The van der Waals surface area contributed by atoms with Crippen LogP contribution in [0.1, 0.15) is 16.2 Å². The Kier molecular flexibility index (Phi) is 5.05. The Morgan fingerprint density at radius 1 is 1.36 bits per heavy atom. The first-order chi connectivity index (χ1) is 12.2. The van der Waals surface area contributed by atoms with Crippen LogP contribution in [0.4, 0.5) is 0 Å². The molecular weight excluding hydrogens is 324 g/mol. The number of nitrogens with two attached hydrogens (primary N) is 1. The second kappa shape index (κ2) is 7.58. The average Bonchev–Trinajstić information content (AvgIpc) is 3.30. The van der Waals surface area contributed by atoms with Crippen LogP contribution in [0.25, 0.3) is 11.3 Å². The molecule has 9 heteroatoms. The first-order valence-electron chi connectivity index (χ1n) is 7.68. The molecule has 0 bridgehead atoms. The van der Waals surface area contributed by atoms with Gasteiger partial charge >= 0.3 is 0 Å². The fraction of sp³-hybridized carbons (Fsp3) is 0.250. The van der Waals surface area contributed by atoms with Crippen molar-refractivity contribution in [3.63, 3.8) is 0 Å². The first kappa shape index (κ1) is 16.7. The lowest BCUT2D eigenvalue weighted by atomic mass is 10.1. The molecule has 0 aliphatic rings. The van der Waals surface area contributed by atoms with Crippen molar-refractivity contribution in [2.45, 2.75) is 13.1 Å². The van der Waals surface area contributed by atoms with Gasteiger partial charge in [0.15, 0.2) is 11.5 Å². The Hall–Kier alpha value is -3.20. The third-order valence-corrected chi connectivity index (χ3v) is 3.49. The van der Waals surface area contributed by atoms with Crippen LogP contribution in [0.15, 0.2) is 41.1 Å². The summed E-state index contributed by atoms with van der Waals surface area (Å²) in [5.74, 6) is 1.04. The van der Waals surface area contributed by atoms with Crippen molar-refractivity contribution in [2.75, 3.05) is 13.7 Å². The number of nitrogens with zero attached hydrogens (tertiary/aromatic N) is 4. The van der Waals surface area contributed by atoms with Crippen LogP contribution in [-0.2, 0) is 13.1 Å². The zero-order valence-corrected chi connectivity index (χ0v) is 13.7. The maximum absolute atomic E-state index is 12.1. The molecule has 3 rings (SSSR count).